The van der Waals surface area contributed by atoms with Crippen LogP contribution in [0.15, 0.2) is 115 Å². The van der Waals surface area contributed by atoms with Crippen molar-refractivity contribution in [2.45, 2.75) is 44.4 Å². The molecule has 0 amide bonds. The molecule has 216 valence electrons. The molecule has 4 aromatic rings. The molecule has 9 nitrogen and oxygen atoms in total. The molecule has 4 atom stereocenters. The normalized spacial score (nSPS) is 19.8. The van der Waals surface area contributed by atoms with Crippen molar-refractivity contribution in [1.29, 1.82) is 0 Å². The molecule has 0 aromatic heterocycles. The van der Waals surface area contributed by atoms with Crippen LogP contribution in [0.2, 0.25) is 0 Å². The third-order valence-electron chi connectivity index (χ3n) is 6.77. The number of ether oxygens (including phenoxy) is 5. The summed E-state index contributed by atoms with van der Waals surface area (Å²) in [5.41, 5.74) is 2.93. The Morgan fingerprint density at radius 3 is 1.71 bits per heavy atom. The maximum Gasteiger partial charge on any atom is 0.340 e. The summed E-state index contributed by atoms with van der Waals surface area (Å²) >= 11 is 0. The standard InChI is InChI=1S/C33H31NO8/c35-32(27-16-18-28(19-17-27)34(36)37)42-33-31(40-22-26-14-8-3-9-15-26)30(39-21-25-12-6-2-7-13-25)29(41-33)23-38-20-24-10-4-1-5-11-24/h1-19,29-31,33H,20-23H2. The lowest BCUT2D eigenvalue weighted by atomic mass is 10.1. The van der Waals surface area contributed by atoms with E-state index in [4.69, 9.17) is 23.7 Å². The van der Waals surface area contributed by atoms with E-state index in [1.54, 1.807) is 0 Å². The molecule has 42 heavy (non-hydrogen) atoms. The molecule has 5 rings (SSSR count). The predicted octanol–water partition coefficient (Wildman–Crippen LogP) is 5.86. The summed E-state index contributed by atoms with van der Waals surface area (Å²) in [6.45, 7) is 1.07. The van der Waals surface area contributed by atoms with Crippen LogP contribution < -0.4 is 0 Å². The van der Waals surface area contributed by atoms with Crippen LogP contribution in [0, 0.1) is 10.1 Å². The summed E-state index contributed by atoms with van der Waals surface area (Å²) in [7, 11) is 0. The second kappa shape index (κ2) is 14.5. The van der Waals surface area contributed by atoms with Crippen LogP contribution >= 0.6 is 0 Å². The van der Waals surface area contributed by atoms with Crippen molar-refractivity contribution >= 4 is 11.7 Å². The Balaban J connectivity index is 1.35. The smallest absolute Gasteiger partial charge is 0.340 e. The summed E-state index contributed by atoms with van der Waals surface area (Å²) in [4.78, 5) is 23.6. The second-order valence-corrected chi connectivity index (χ2v) is 9.78. The number of non-ortho nitro benzene ring substituents is 1. The summed E-state index contributed by atoms with van der Waals surface area (Å²) in [6, 6.07) is 34.3. The van der Waals surface area contributed by atoms with Crippen LogP contribution in [-0.4, -0.2) is 42.1 Å². The van der Waals surface area contributed by atoms with Crippen LogP contribution in [0.1, 0.15) is 27.0 Å². The summed E-state index contributed by atoms with van der Waals surface area (Å²) in [6.07, 6.45) is -3.11. The Hall–Kier alpha value is -4.41. The topological polar surface area (TPSA) is 106 Å². The first-order chi connectivity index (χ1) is 20.6. The third kappa shape index (κ3) is 7.86. The fraction of sp³-hybridized carbons (Fsp3) is 0.242. The van der Waals surface area contributed by atoms with Crippen LogP contribution in [-0.2, 0) is 43.5 Å². The van der Waals surface area contributed by atoms with Crippen molar-refractivity contribution < 1.29 is 33.4 Å². The SMILES string of the molecule is O=C(OC1OC(COCc2ccccc2)C(OCc2ccccc2)C1OCc1ccccc1)c1ccc([N+](=O)[O-])cc1. The van der Waals surface area contributed by atoms with Crippen molar-refractivity contribution in [3.05, 3.63) is 148 Å². The fourth-order valence-corrected chi connectivity index (χ4v) is 4.59. The van der Waals surface area contributed by atoms with E-state index in [9.17, 15) is 14.9 Å². The van der Waals surface area contributed by atoms with Gasteiger partial charge in [0.2, 0.25) is 6.29 Å². The second-order valence-electron chi connectivity index (χ2n) is 9.78. The van der Waals surface area contributed by atoms with E-state index in [2.05, 4.69) is 0 Å². The Kier molecular flexibility index (Phi) is 10.0. The molecule has 0 spiro atoms. The van der Waals surface area contributed by atoms with Gasteiger partial charge in [0.1, 0.15) is 18.3 Å². The molecule has 0 saturated carbocycles. The van der Waals surface area contributed by atoms with Gasteiger partial charge in [0.25, 0.3) is 5.69 Å². The first-order valence-electron chi connectivity index (χ1n) is 13.6. The van der Waals surface area contributed by atoms with Gasteiger partial charge in [-0.25, -0.2) is 4.79 Å². The molecule has 9 heteroatoms. The number of nitro benzene ring substituents is 1. The van der Waals surface area contributed by atoms with Gasteiger partial charge >= 0.3 is 5.97 Å². The minimum Gasteiger partial charge on any atom is -0.429 e. The van der Waals surface area contributed by atoms with E-state index in [-0.39, 0.29) is 31.1 Å². The molecule has 1 heterocycles. The Morgan fingerprint density at radius 1 is 0.690 bits per heavy atom. The summed E-state index contributed by atoms with van der Waals surface area (Å²) < 4.78 is 30.7. The molecule has 4 aromatic carbocycles. The zero-order valence-electron chi connectivity index (χ0n) is 22.8. The van der Waals surface area contributed by atoms with Gasteiger partial charge in [0.05, 0.1) is 36.9 Å². The predicted molar refractivity (Wildman–Crippen MR) is 153 cm³/mol. The number of hydrogen-bond donors (Lipinski definition) is 0. The molecule has 0 N–H and O–H groups in total. The van der Waals surface area contributed by atoms with E-state index in [0.29, 0.717) is 6.61 Å². The zero-order valence-corrected chi connectivity index (χ0v) is 22.8. The zero-order chi connectivity index (χ0) is 29.1. The van der Waals surface area contributed by atoms with Crippen LogP contribution in [0.25, 0.3) is 0 Å². The Morgan fingerprint density at radius 2 is 1.19 bits per heavy atom. The van der Waals surface area contributed by atoms with Crippen LogP contribution in [0.3, 0.4) is 0 Å². The van der Waals surface area contributed by atoms with E-state index >= 15 is 0 Å². The van der Waals surface area contributed by atoms with Gasteiger partial charge in [-0.05, 0) is 28.8 Å². The van der Waals surface area contributed by atoms with Gasteiger partial charge in [-0.2, -0.15) is 0 Å². The average Bonchev–Trinajstić information content (AvgIpc) is 3.35. The number of hydrogen-bond acceptors (Lipinski definition) is 8. The van der Waals surface area contributed by atoms with Crippen molar-refractivity contribution in [3.8, 4) is 0 Å². The van der Waals surface area contributed by atoms with Crippen LogP contribution in [0.5, 0.6) is 0 Å². The lowest BCUT2D eigenvalue weighted by Crippen LogP contribution is -2.40. The molecule has 0 aliphatic carbocycles. The fourth-order valence-electron chi connectivity index (χ4n) is 4.59. The quantitative estimate of drug-likeness (QED) is 0.112. The van der Waals surface area contributed by atoms with E-state index in [1.165, 1.54) is 24.3 Å². The lowest BCUT2D eigenvalue weighted by molar-refractivity contribution is -0.384. The maximum absolute atomic E-state index is 13.1. The number of benzene rings is 4. The van der Waals surface area contributed by atoms with E-state index in [1.807, 2.05) is 91.0 Å². The maximum atomic E-state index is 13.1. The highest BCUT2D eigenvalue weighted by atomic mass is 16.7. The highest BCUT2D eigenvalue weighted by molar-refractivity contribution is 5.89. The van der Waals surface area contributed by atoms with Gasteiger partial charge in [-0.1, -0.05) is 91.0 Å². The monoisotopic (exact) mass is 569 g/mol. The van der Waals surface area contributed by atoms with Gasteiger partial charge in [0.15, 0.2) is 0 Å². The van der Waals surface area contributed by atoms with Crippen molar-refractivity contribution in [1.82, 2.24) is 0 Å². The van der Waals surface area contributed by atoms with Gasteiger partial charge in [0, 0.05) is 12.1 Å². The third-order valence-corrected chi connectivity index (χ3v) is 6.77. The molecular weight excluding hydrogens is 538 g/mol. The largest absolute Gasteiger partial charge is 0.429 e. The number of nitrogens with zero attached hydrogens (tertiary/aromatic N) is 1. The lowest BCUT2D eigenvalue weighted by Gasteiger charge is -2.25. The molecule has 1 aliphatic rings. The molecular formula is C33H31NO8. The van der Waals surface area contributed by atoms with Gasteiger partial charge in [-0.3, -0.25) is 10.1 Å². The molecule has 0 bridgehead atoms. The van der Waals surface area contributed by atoms with Crippen molar-refractivity contribution in [2.24, 2.45) is 0 Å². The number of rotatable bonds is 13. The highest BCUT2D eigenvalue weighted by Gasteiger charge is 2.48. The minimum absolute atomic E-state index is 0.127. The highest BCUT2D eigenvalue weighted by Crippen LogP contribution is 2.31. The summed E-state index contributed by atoms with van der Waals surface area (Å²) in [5.74, 6) is -0.698. The first-order valence-corrected chi connectivity index (χ1v) is 13.6. The minimum atomic E-state index is -1.11. The molecule has 0 radical (unpaired) electrons. The molecule has 1 aliphatic heterocycles. The Labute approximate surface area is 243 Å². The van der Waals surface area contributed by atoms with E-state index in [0.717, 1.165) is 16.7 Å². The molecule has 4 unspecified atom stereocenters. The van der Waals surface area contributed by atoms with Crippen molar-refractivity contribution in [2.75, 3.05) is 6.61 Å². The van der Waals surface area contributed by atoms with Crippen LogP contribution in [0.4, 0.5) is 5.69 Å². The molecule has 1 saturated heterocycles. The first kappa shape index (κ1) is 29.1. The number of carbonyl (C=O) groups excluding carboxylic acids is 1. The molecule has 1 fully saturated rings. The number of nitro groups is 1. The number of esters is 1. The average molecular weight is 570 g/mol. The van der Waals surface area contributed by atoms with E-state index < -0.39 is 35.5 Å². The van der Waals surface area contributed by atoms with Crippen molar-refractivity contribution in [3.63, 3.8) is 0 Å². The number of carbonyl (C=O) groups is 1. The Bertz CT molecular complexity index is 1420. The summed E-state index contributed by atoms with van der Waals surface area (Å²) in [5, 5.41) is 11.0. The van der Waals surface area contributed by atoms with Gasteiger partial charge in [-0.15, -0.1) is 0 Å². The van der Waals surface area contributed by atoms with Gasteiger partial charge < -0.3 is 23.7 Å².